The lowest BCUT2D eigenvalue weighted by molar-refractivity contribution is -0.127. The van der Waals surface area contributed by atoms with Crippen LogP contribution in [0.1, 0.15) is 30.1 Å². The summed E-state index contributed by atoms with van der Waals surface area (Å²) in [4.78, 5) is 18.7. The number of hydrogen-bond acceptors (Lipinski definition) is 4. The van der Waals surface area contributed by atoms with Crippen LogP contribution in [-0.4, -0.2) is 35.8 Å². The average molecular weight is 324 g/mol. The molecular weight excluding hydrogens is 304 g/mol. The van der Waals surface area contributed by atoms with Crippen LogP contribution >= 0.6 is 0 Å². The number of nitrogens with zero attached hydrogens (tertiary/aromatic N) is 2. The van der Waals surface area contributed by atoms with E-state index in [0.717, 1.165) is 18.5 Å². The fourth-order valence-electron chi connectivity index (χ4n) is 3.84. The molecule has 124 valence electrons. The number of anilines is 1. The number of rotatable bonds is 2. The van der Waals surface area contributed by atoms with Crippen molar-refractivity contribution in [3.05, 3.63) is 59.9 Å². The first kappa shape index (κ1) is 15.3. The van der Waals surface area contributed by atoms with E-state index in [2.05, 4.69) is 11.1 Å². The van der Waals surface area contributed by atoms with E-state index in [0.29, 0.717) is 25.3 Å². The molecule has 5 heteroatoms. The molecule has 1 saturated heterocycles. The maximum atomic E-state index is 13.0. The molecule has 1 fully saturated rings. The molecule has 0 bridgehead atoms. The summed E-state index contributed by atoms with van der Waals surface area (Å²) in [6.07, 6.45) is 3.77. The monoisotopic (exact) mass is 324 g/mol. The van der Waals surface area contributed by atoms with Crippen molar-refractivity contribution in [1.29, 1.82) is 0 Å². The smallest absolute Gasteiger partial charge is 0.260 e. The van der Waals surface area contributed by atoms with Gasteiger partial charge in [-0.15, -0.1) is 0 Å². The Morgan fingerprint density at radius 2 is 2.00 bits per heavy atom. The fourth-order valence-corrected chi connectivity index (χ4v) is 3.84. The Kier molecular flexibility index (Phi) is 3.82. The molecule has 2 aliphatic heterocycles. The lowest BCUT2D eigenvalue weighted by Gasteiger charge is -2.34. The zero-order valence-electron chi connectivity index (χ0n) is 13.4. The minimum Gasteiger partial charge on any atom is -0.381 e. The number of aliphatic hydroxyl groups is 1. The van der Waals surface area contributed by atoms with E-state index >= 15 is 0 Å². The summed E-state index contributed by atoms with van der Waals surface area (Å²) in [6, 6.07) is 11.5. The van der Waals surface area contributed by atoms with Crippen LogP contribution in [0.15, 0.2) is 48.8 Å². The van der Waals surface area contributed by atoms with Crippen LogP contribution in [0.25, 0.3) is 0 Å². The Labute approximate surface area is 140 Å². The van der Waals surface area contributed by atoms with E-state index in [9.17, 15) is 9.90 Å². The largest absolute Gasteiger partial charge is 0.381 e. The van der Waals surface area contributed by atoms with E-state index in [1.54, 1.807) is 23.2 Å². The standard InChI is InChI=1S/C19H20N2O3/c22-17(14-4-3-9-20-12-14)18(23)21-13-19(7-10-24-11-8-19)15-5-1-2-6-16(15)21/h1-6,9,12,17,22H,7-8,10-11,13H2. The van der Waals surface area contributed by atoms with Crippen LogP contribution in [0.2, 0.25) is 0 Å². The molecule has 1 unspecified atom stereocenters. The van der Waals surface area contributed by atoms with Gasteiger partial charge in [-0.25, -0.2) is 0 Å². The van der Waals surface area contributed by atoms with Gasteiger partial charge in [0.15, 0.2) is 6.10 Å². The highest BCUT2D eigenvalue weighted by Gasteiger charge is 2.46. The van der Waals surface area contributed by atoms with Gasteiger partial charge in [0.2, 0.25) is 0 Å². The van der Waals surface area contributed by atoms with E-state index < -0.39 is 6.10 Å². The summed E-state index contributed by atoms with van der Waals surface area (Å²) in [5.41, 5.74) is 2.57. The maximum absolute atomic E-state index is 13.0. The zero-order chi connectivity index (χ0) is 16.6. The normalized spacial score (nSPS) is 20.0. The summed E-state index contributed by atoms with van der Waals surface area (Å²) >= 11 is 0. The number of carbonyl (C=O) groups is 1. The number of hydrogen-bond donors (Lipinski definition) is 1. The molecular formula is C19H20N2O3. The van der Waals surface area contributed by atoms with Gasteiger partial charge in [0.05, 0.1) is 0 Å². The molecule has 1 N–H and O–H groups in total. The Hall–Kier alpha value is -2.24. The molecule has 4 rings (SSSR count). The highest BCUT2D eigenvalue weighted by Crippen LogP contribution is 2.47. The van der Waals surface area contributed by atoms with Crippen molar-refractivity contribution in [3.63, 3.8) is 0 Å². The highest BCUT2D eigenvalue weighted by molar-refractivity contribution is 5.99. The summed E-state index contributed by atoms with van der Waals surface area (Å²) in [5, 5.41) is 10.5. The predicted molar refractivity (Wildman–Crippen MR) is 89.7 cm³/mol. The van der Waals surface area contributed by atoms with E-state index in [-0.39, 0.29) is 11.3 Å². The number of aromatic nitrogens is 1. The van der Waals surface area contributed by atoms with Crippen molar-refractivity contribution < 1.29 is 14.6 Å². The second-order valence-corrected chi connectivity index (χ2v) is 6.52. The number of para-hydroxylation sites is 1. The molecule has 0 radical (unpaired) electrons. The zero-order valence-corrected chi connectivity index (χ0v) is 13.4. The number of carbonyl (C=O) groups excluding carboxylic acids is 1. The first-order valence-electron chi connectivity index (χ1n) is 8.28. The summed E-state index contributed by atoms with van der Waals surface area (Å²) in [6.45, 7) is 2.02. The molecule has 0 aliphatic carbocycles. The lowest BCUT2D eigenvalue weighted by atomic mass is 9.76. The molecule has 5 nitrogen and oxygen atoms in total. The average Bonchev–Trinajstić information content (AvgIpc) is 2.96. The van der Waals surface area contributed by atoms with Gasteiger partial charge in [0.1, 0.15) is 0 Å². The van der Waals surface area contributed by atoms with Crippen LogP contribution in [0.4, 0.5) is 5.69 Å². The molecule has 1 aromatic heterocycles. The molecule has 24 heavy (non-hydrogen) atoms. The number of pyridine rings is 1. The molecule has 0 saturated carbocycles. The molecule has 1 atom stereocenters. The number of fused-ring (bicyclic) bond motifs is 2. The second-order valence-electron chi connectivity index (χ2n) is 6.52. The number of aliphatic hydroxyl groups excluding tert-OH is 1. The summed E-state index contributed by atoms with van der Waals surface area (Å²) < 4.78 is 5.52. The van der Waals surface area contributed by atoms with Gasteiger partial charge in [-0.1, -0.05) is 24.3 Å². The molecule has 1 amide bonds. The topological polar surface area (TPSA) is 62.7 Å². The van der Waals surface area contributed by atoms with Crippen molar-refractivity contribution in [2.45, 2.75) is 24.4 Å². The Balaban J connectivity index is 1.68. The highest BCUT2D eigenvalue weighted by atomic mass is 16.5. The van der Waals surface area contributed by atoms with Gasteiger partial charge in [0.25, 0.3) is 5.91 Å². The van der Waals surface area contributed by atoms with E-state index in [1.165, 1.54) is 11.8 Å². The number of benzene rings is 1. The van der Waals surface area contributed by atoms with Gasteiger partial charge in [-0.3, -0.25) is 9.78 Å². The van der Waals surface area contributed by atoms with Crippen molar-refractivity contribution in [3.8, 4) is 0 Å². The lowest BCUT2D eigenvalue weighted by Crippen LogP contribution is -2.42. The van der Waals surface area contributed by atoms with Crippen molar-refractivity contribution in [1.82, 2.24) is 4.98 Å². The third-order valence-electron chi connectivity index (χ3n) is 5.18. The Bertz CT molecular complexity index is 741. The van der Waals surface area contributed by atoms with Gasteiger partial charge in [-0.2, -0.15) is 0 Å². The molecule has 3 heterocycles. The maximum Gasteiger partial charge on any atom is 0.260 e. The number of ether oxygens (including phenoxy) is 1. The van der Waals surface area contributed by atoms with Gasteiger partial charge >= 0.3 is 0 Å². The van der Waals surface area contributed by atoms with Gasteiger partial charge in [0, 0.05) is 48.8 Å². The quantitative estimate of drug-likeness (QED) is 0.920. The number of amides is 1. The van der Waals surface area contributed by atoms with Crippen LogP contribution in [0.5, 0.6) is 0 Å². The molecule has 2 aromatic rings. The first-order chi connectivity index (χ1) is 11.7. The van der Waals surface area contributed by atoms with E-state index in [4.69, 9.17) is 4.74 Å². The van der Waals surface area contributed by atoms with Crippen molar-refractivity contribution in [2.75, 3.05) is 24.7 Å². The SMILES string of the molecule is O=C(C(O)c1cccnc1)N1CC2(CCOCC2)c2ccccc21. The third-order valence-corrected chi connectivity index (χ3v) is 5.18. The Morgan fingerprint density at radius 3 is 2.75 bits per heavy atom. The second kappa shape index (κ2) is 6.00. The molecule has 1 spiro atoms. The van der Waals surface area contributed by atoms with Gasteiger partial charge in [-0.05, 0) is 30.5 Å². The van der Waals surface area contributed by atoms with Crippen LogP contribution in [0.3, 0.4) is 0 Å². The minimum atomic E-state index is -1.19. The van der Waals surface area contributed by atoms with Crippen molar-refractivity contribution >= 4 is 11.6 Å². The summed E-state index contributed by atoms with van der Waals surface area (Å²) in [7, 11) is 0. The molecule has 1 aromatic carbocycles. The predicted octanol–water partition coefficient (Wildman–Crippen LogP) is 2.21. The van der Waals surface area contributed by atoms with Crippen LogP contribution in [-0.2, 0) is 14.9 Å². The van der Waals surface area contributed by atoms with Crippen molar-refractivity contribution in [2.24, 2.45) is 0 Å². The van der Waals surface area contributed by atoms with E-state index in [1.807, 2.05) is 18.2 Å². The minimum absolute atomic E-state index is 0.0564. The fraction of sp³-hybridized carbons (Fsp3) is 0.368. The van der Waals surface area contributed by atoms with Crippen LogP contribution in [0, 0.1) is 0 Å². The molecule has 2 aliphatic rings. The van der Waals surface area contributed by atoms with Crippen LogP contribution < -0.4 is 4.90 Å². The third kappa shape index (κ3) is 2.41. The summed E-state index contributed by atoms with van der Waals surface area (Å²) in [5.74, 6) is -0.293. The van der Waals surface area contributed by atoms with Gasteiger partial charge < -0.3 is 14.7 Å². The first-order valence-corrected chi connectivity index (χ1v) is 8.28. The Morgan fingerprint density at radius 1 is 1.21 bits per heavy atom.